The van der Waals surface area contributed by atoms with Crippen LogP contribution in [-0.2, 0) is 0 Å². The summed E-state index contributed by atoms with van der Waals surface area (Å²) >= 11 is 6.00. The Morgan fingerprint density at radius 3 is 2.33 bits per heavy atom. The first-order valence-electron chi connectivity index (χ1n) is 12.0. The second-order valence-corrected chi connectivity index (χ2v) is 9.08. The molecule has 0 saturated heterocycles. The molecule has 1 aliphatic heterocycles. The lowest BCUT2D eigenvalue weighted by atomic mass is 9.99. The van der Waals surface area contributed by atoms with Crippen molar-refractivity contribution in [3.8, 4) is 23.0 Å². The van der Waals surface area contributed by atoms with Crippen LogP contribution in [0.4, 0.5) is 11.5 Å². The van der Waals surface area contributed by atoms with Gasteiger partial charge in [0.05, 0.1) is 34.6 Å². The number of fused-ring (bicyclic) bond motifs is 1. The summed E-state index contributed by atoms with van der Waals surface area (Å²) < 4.78 is 24.0. The van der Waals surface area contributed by atoms with Gasteiger partial charge in [0.2, 0.25) is 0 Å². The third-order valence-electron chi connectivity index (χ3n) is 6.42. The number of amides is 1. The summed E-state index contributed by atoms with van der Waals surface area (Å²) in [7, 11) is 6.35. The monoisotopic (exact) mass is 546 g/mol. The molecule has 5 rings (SSSR count). The van der Waals surface area contributed by atoms with Crippen LogP contribution in [0.5, 0.6) is 23.0 Å². The van der Waals surface area contributed by atoms with Crippen molar-refractivity contribution in [2.45, 2.75) is 6.04 Å². The van der Waals surface area contributed by atoms with Gasteiger partial charge in [-0.1, -0.05) is 23.7 Å². The van der Waals surface area contributed by atoms with Crippen molar-refractivity contribution < 1.29 is 23.7 Å². The van der Waals surface area contributed by atoms with Crippen LogP contribution in [0, 0.1) is 0 Å². The molecule has 10 heteroatoms. The molecule has 1 aliphatic rings. The molecule has 4 aromatic rings. The third kappa shape index (κ3) is 5.08. The molecule has 0 bridgehead atoms. The van der Waals surface area contributed by atoms with Crippen molar-refractivity contribution in [2.24, 2.45) is 0 Å². The van der Waals surface area contributed by atoms with Crippen LogP contribution in [-0.4, -0.2) is 44.1 Å². The van der Waals surface area contributed by atoms with Gasteiger partial charge < -0.3 is 29.6 Å². The zero-order chi connectivity index (χ0) is 27.5. The van der Waals surface area contributed by atoms with Gasteiger partial charge >= 0.3 is 0 Å². The molecule has 0 fully saturated rings. The molecule has 200 valence electrons. The van der Waals surface area contributed by atoms with Crippen LogP contribution in [0.25, 0.3) is 5.70 Å². The lowest BCUT2D eigenvalue weighted by Gasteiger charge is -2.28. The SMILES string of the molecule is COc1cccc(C2=C[C@H](c3cc(OC)c(OC)cc3OC)n3ncc(C(=O)Nc4ccc(Cl)cc4)c3N2)c1. The summed E-state index contributed by atoms with van der Waals surface area (Å²) in [6.07, 6.45) is 3.55. The van der Waals surface area contributed by atoms with Gasteiger partial charge in [0.25, 0.3) is 5.91 Å². The number of nitrogens with one attached hydrogen (secondary N) is 2. The summed E-state index contributed by atoms with van der Waals surface area (Å²) in [4.78, 5) is 13.4. The molecular formula is C29H27ClN4O5. The number of benzene rings is 3. The van der Waals surface area contributed by atoms with Crippen molar-refractivity contribution in [3.05, 3.63) is 94.6 Å². The number of carbonyl (C=O) groups excluding carboxylic acids is 1. The molecule has 0 spiro atoms. The lowest BCUT2D eigenvalue weighted by Crippen LogP contribution is -2.22. The Morgan fingerprint density at radius 1 is 0.923 bits per heavy atom. The molecule has 3 aromatic carbocycles. The van der Waals surface area contributed by atoms with Crippen LogP contribution >= 0.6 is 11.6 Å². The maximum absolute atomic E-state index is 13.4. The highest BCUT2D eigenvalue weighted by Crippen LogP contribution is 2.43. The maximum Gasteiger partial charge on any atom is 0.261 e. The molecule has 2 N–H and O–H groups in total. The van der Waals surface area contributed by atoms with Crippen molar-refractivity contribution in [3.63, 3.8) is 0 Å². The fourth-order valence-corrected chi connectivity index (χ4v) is 4.58. The number of ether oxygens (including phenoxy) is 4. The first-order chi connectivity index (χ1) is 18.9. The molecule has 1 amide bonds. The van der Waals surface area contributed by atoms with Gasteiger partial charge in [0.1, 0.15) is 28.9 Å². The lowest BCUT2D eigenvalue weighted by molar-refractivity contribution is 0.102. The Balaban J connectivity index is 1.63. The van der Waals surface area contributed by atoms with Gasteiger partial charge in [-0.3, -0.25) is 4.79 Å². The highest BCUT2D eigenvalue weighted by Gasteiger charge is 2.30. The summed E-state index contributed by atoms with van der Waals surface area (Å²) in [6.45, 7) is 0. The number of anilines is 2. The van der Waals surface area contributed by atoms with Crippen molar-refractivity contribution >= 4 is 34.7 Å². The Hall–Kier alpha value is -4.63. The first-order valence-corrected chi connectivity index (χ1v) is 12.4. The molecule has 39 heavy (non-hydrogen) atoms. The fraction of sp³-hybridized carbons (Fsp3) is 0.172. The third-order valence-corrected chi connectivity index (χ3v) is 6.67. The Labute approximate surface area is 230 Å². The zero-order valence-electron chi connectivity index (χ0n) is 21.8. The molecule has 1 atom stereocenters. The van der Waals surface area contributed by atoms with E-state index in [2.05, 4.69) is 15.7 Å². The number of rotatable bonds is 8. The quantitative estimate of drug-likeness (QED) is 0.285. The first kappa shape index (κ1) is 26.0. The van der Waals surface area contributed by atoms with Crippen LogP contribution < -0.4 is 29.6 Å². The summed E-state index contributed by atoms with van der Waals surface area (Å²) in [5.74, 6) is 2.55. The number of aromatic nitrogens is 2. The molecule has 1 aromatic heterocycles. The summed E-state index contributed by atoms with van der Waals surface area (Å²) in [5, 5.41) is 11.5. The number of allylic oxidation sites excluding steroid dienone is 1. The van der Waals surface area contributed by atoms with Crippen LogP contribution in [0.15, 0.2) is 72.9 Å². The van der Waals surface area contributed by atoms with Crippen molar-refractivity contribution in [1.82, 2.24) is 9.78 Å². The van der Waals surface area contributed by atoms with E-state index in [-0.39, 0.29) is 5.91 Å². The average Bonchev–Trinajstić information content (AvgIpc) is 3.41. The van der Waals surface area contributed by atoms with E-state index >= 15 is 0 Å². The zero-order valence-corrected chi connectivity index (χ0v) is 22.6. The summed E-state index contributed by atoms with van der Waals surface area (Å²) in [5.41, 5.74) is 3.38. The van der Waals surface area contributed by atoms with Gasteiger partial charge in [0.15, 0.2) is 11.5 Å². The van der Waals surface area contributed by atoms with E-state index in [1.807, 2.05) is 36.4 Å². The van der Waals surface area contributed by atoms with Gasteiger partial charge in [-0.15, -0.1) is 0 Å². The normalized spacial score (nSPS) is 14.0. The molecule has 0 saturated carbocycles. The second kappa shape index (κ2) is 11.0. The summed E-state index contributed by atoms with van der Waals surface area (Å²) in [6, 6.07) is 17.7. The highest BCUT2D eigenvalue weighted by atomic mass is 35.5. The molecule has 0 aliphatic carbocycles. The van der Waals surface area contributed by atoms with Gasteiger partial charge in [-0.2, -0.15) is 5.10 Å². The maximum atomic E-state index is 13.4. The minimum Gasteiger partial charge on any atom is -0.497 e. The van der Waals surface area contributed by atoms with Crippen LogP contribution in [0.3, 0.4) is 0 Å². The number of hydrogen-bond donors (Lipinski definition) is 2. The minimum atomic E-state index is -0.450. The largest absolute Gasteiger partial charge is 0.497 e. The standard InChI is InChI=1S/C29H27ClN4O5/c1-36-20-7-5-6-17(12-20)23-14-24(21-13-26(38-3)27(39-4)15-25(21)37-2)34-28(33-23)22(16-31-34)29(35)32-19-10-8-18(30)9-11-19/h5-16,24,33H,1-4H3,(H,32,35)/t24-/m1/s1. The molecule has 0 unspecified atom stereocenters. The van der Waals surface area contributed by atoms with E-state index in [4.69, 9.17) is 30.5 Å². The van der Waals surface area contributed by atoms with Gasteiger partial charge in [-0.05, 0) is 48.5 Å². The van der Waals surface area contributed by atoms with Crippen molar-refractivity contribution in [2.75, 3.05) is 39.1 Å². The number of nitrogens with zero attached hydrogens (tertiary/aromatic N) is 2. The molecular weight excluding hydrogens is 520 g/mol. The predicted octanol–water partition coefficient (Wildman–Crippen LogP) is 5.88. The average molecular weight is 547 g/mol. The predicted molar refractivity (Wildman–Crippen MR) is 150 cm³/mol. The fourth-order valence-electron chi connectivity index (χ4n) is 4.46. The van der Waals surface area contributed by atoms with E-state index in [1.165, 1.54) is 6.20 Å². The van der Waals surface area contributed by atoms with Crippen LogP contribution in [0.2, 0.25) is 5.02 Å². The van der Waals surface area contributed by atoms with E-state index < -0.39 is 6.04 Å². The van der Waals surface area contributed by atoms with E-state index in [1.54, 1.807) is 63.5 Å². The van der Waals surface area contributed by atoms with Crippen LogP contribution in [0.1, 0.15) is 27.5 Å². The Kier molecular flexibility index (Phi) is 7.33. The molecule has 2 heterocycles. The van der Waals surface area contributed by atoms with E-state index in [0.29, 0.717) is 45.1 Å². The number of hydrogen-bond acceptors (Lipinski definition) is 7. The Morgan fingerprint density at radius 2 is 1.64 bits per heavy atom. The second-order valence-electron chi connectivity index (χ2n) is 8.64. The van der Waals surface area contributed by atoms with Gasteiger partial charge in [-0.25, -0.2) is 4.68 Å². The number of halogens is 1. The number of carbonyl (C=O) groups is 1. The molecule has 0 radical (unpaired) electrons. The molecule has 9 nitrogen and oxygen atoms in total. The number of methoxy groups -OCH3 is 4. The highest BCUT2D eigenvalue weighted by molar-refractivity contribution is 6.30. The van der Waals surface area contributed by atoms with E-state index in [0.717, 1.165) is 16.8 Å². The van der Waals surface area contributed by atoms with E-state index in [9.17, 15) is 4.79 Å². The Bertz CT molecular complexity index is 1550. The smallest absolute Gasteiger partial charge is 0.261 e. The topological polar surface area (TPSA) is 95.9 Å². The van der Waals surface area contributed by atoms with Gasteiger partial charge in [0, 0.05) is 33.6 Å². The van der Waals surface area contributed by atoms with Crippen molar-refractivity contribution in [1.29, 1.82) is 0 Å². The minimum absolute atomic E-state index is 0.323.